The molecular formula is C9H8INO2. The van der Waals surface area contributed by atoms with E-state index in [1.807, 2.05) is 24.3 Å². The minimum atomic E-state index is -0.391. The van der Waals surface area contributed by atoms with E-state index >= 15 is 0 Å². The summed E-state index contributed by atoms with van der Waals surface area (Å²) >= 11 is 2.19. The van der Waals surface area contributed by atoms with E-state index in [1.165, 1.54) is 6.92 Å². The number of allylic oxidation sites excluding steroid dienone is 1. The summed E-state index contributed by atoms with van der Waals surface area (Å²) in [7, 11) is 0. The lowest BCUT2D eigenvalue weighted by Crippen LogP contribution is -1.92. The van der Waals surface area contributed by atoms with E-state index in [-0.39, 0.29) is 5.70 Å². The third-order valence-corrected chi connectivity index (χ3v) is 2.25. The molecule has 3 nitrogen and oxygen atoms in total. The van der Waals surface area contributed by atoms with Gasteiger partial charge >= 0.3 is 0 Å². The maximum atomic E-state index is 10.3. The summed E-state index contributed by atoms with van der Waals surface area (Å²) in [5, 5.41) is 10.3. The Balaban J connectivity index is 2.92. The molecule has 0 aliphatic rings. The first-order valence-corrected chi connectivity index (χ1v) is 4.76. The highest BCUT2D eigenvalue weighted by molar-refractivity contribution is 14.1. The Kier molecular flexibility index (Phi) is 3.41. The minimum absolute atomic E-state index is 0.154. The predicted molar refractivity (Wildman–Crippen MR) is 59.8 cm³/mol. The Hall–Kier alpha value is -0.910. The summed E-state index contributed by atoms with van der Waals surface area (Å²) in [6.45, 7) is 1.48. The highest BCUT2D eigenvalue weighted by Crippen LogP contribution is 2.10. The van der Waals surface area contributed by atoms with Crippen molar-refractivity contribution >= 4 is 28.7 Å². The molecule has 0 amide bonds. The number of hydrogen-bond donors (Lipinski definition) is 0. The molecule has 0 aliphatic carbocycles. The lowest BCUT2D eigenvalue weighted by Gasteiger charge is -1.93. The summed E-state index contributed by atoms with van der Waals surface area (Å²) in [6.07, 6.45) is 1.55. The molecular weight excluding hydrogens is 281 g/mol. The maximum Gasteiger partial charge on any atom is 0.243 e. The van der Waals surface area contributed by atoms with Gasteiger partial charge in [0.2, 0.25) is 5.70 Å². The Morgan fingerprint density at radius 3 is 2.46 bits per heavy atom. The Labute approximate surface area is 89.8 Å². The van der Waals surface area contributed by atoms with E-state index in [1.54, 1.807) is 6.08 Å². The smallest absolute Gasteiger partial charge is 0.243 e. The SMILES string of the molecule is C/C(=C\c1ccc(I)cc1)[N+](=O)[O-]. The molecule has 0 radical (unpaired) electrons. The van der Waals surface area contributed by atoms with Crippen molar-refractivity contribution in [3.05, 3.63) is 49.2 Å². The lowest BCUT2D eigenvalue weighted by atomic mass is 10.2. The standard InChI is InChI=1S/C9H8INO2/c1-7(11(12)13)6-8-2-4-9(10)5-3-8/h2-6H,1H3/b7-6+. The third kappa shape index (κ3) is 3.14. The van der Waals surface area contributed by atoms with Crippen LogP contribution in [0.5, 0.6) is 0 Å². The van der Waals surface area contributed by atoms with Crippen LogP contribution in [-0.2, 0) is 0 Å². The van der Waals surface area contributed by atoms with Gasteiger partial charge in [0, 0.05) is 16.6 Å². The average molecular weight is 289 g/mol. The normalized spacial score (nSPS) is 11.4. The molecule has 0 bridgehead atoms. The fraction of sp³-hybridized carbons (Fsp3) is 0.111. The zero-order chi connectivity index (χ0) is 9.84. The van der Waals surface area contributed by atoms with Crippen LogP contribution in [0.1, 0.15) is 12.5 Å². The van der Waals surface area contributed by atoms with Crippen LogP contribution in [0.4, 0.5) is 0 Å². The summed E-state index contributed by atoms with van der Waals surface area (Å²) in [4.78, 5) is 9.92. The number of nitro groups is 1. The van der Waals surface area contributed by atoms with E-state index in [9.17, 15) is 10.1 Å². The van der Waals surface area contributed by atoms with E-state index in [2.05, 4.69) is 22.6 Å². The molecule has 0 heterocycles. The quantitative estimate of drug-likeness (QED) is 0.477. The van der Waals surface area contributed by atoms with Gasteiger partial charge < -0.3 is 0 Å². The first kappa shape index (κ1) is 10.2. The van der Waals surface area contributed by atoms with Crippen LogP contribution in [0, 0.1) is 13.7 Å². The van der Waals surface area contributed by atoms with Gasteiger partial charge in [-0.25, -0.2) is 0 Å². The fourth-order valence-corrected chi connectivity index (χ4v) is 1.21. The first-order chi connectivity index (χ1) is 6.09. The molecule has 1 aromatic rings. The second kappa shape index (κ2) is 4.36. The van der Waals surface area contributed by atoms with Crippen molar-refractivity contribution in [3.63, 3.8) is 0 Å². The van der Waals surface area contributed by atoms with Gasteiger partial charge in [0.25, 0.3) is 0 Å². The van der Waals surface area contributed by atoms with E-state index in [4.69, 9.17) is 0 Å². The molecule has 1 aromatic carbocycles. The van der Waals surface area contributed by atoms with Crippen LogP contribution in [0.2, 0.25) is 0 Å². The number of halogens is 1. The molecule has 0 spiro atoms. The summed E-state index contributed by atoms with van der Waals surface area (Å²) < 4.78 is 1.12. The monoisotopic (exact) mass is 289 g/mol. The lowest BCUT2D eigenvalue weighted by molar-refractivity contribution is -0.422. The number of hydrogen-bond acceptors (Lipinski definition) is 2. The average Bonchev–Trinajstić information content (AvgIpc) is 2.08. The summed E-state index contributed by atoms with van der Waals surface area (Å²) in [5.74, 6) is 0. The van der Waals surface area contributed by atoms with Gasteiger partial charge in [0.1, 0.15) is 0 Å². The van der Waals surface area contributed by atoms with Crippen LogP contribution < -0.4 is 0 Å². The van der Waals surface area contributed by atoms with Crippen molar-refractivity contribution in [2.45, 2.75) is 6.92 Å². The second-order valence-corrected chi connectivity index (χ2v) is 3.84. The van der Waals surface area contributed by atoms with Crippen LogP contribution in [0.15, 0.2) is 30.0 Å². The highest BCUT2D eigenvalue weighted by Gasteiger charge is 2.00. The Morgan fingerprint density at radius 1 is 1.46 bits per heavy atom. The van der Waals surface area contributed by atoms with E-state index < -0.39 is 4.92 Å². The Morgan fingerprint density at radius 2 is 2.00 bits per heavy atom. The Bertz CT molecular complexity index is 343. The molecule has 0 fully saturated rings. The van der Waals surface area contributed by atoms with E-state index in [0.29, 0.717) is 0 Å². The van der Waals surface area contributed by atoms with Crippen LogP contribution in [-0.4, -0.2) is 4.92 Å². The van der Waals surface area contributed by atoms with Gasteiger partial charge in [-0.3, -0.25) is 10.1 Å². The zero-order valence-corrected chi connectivity index (χ0v) is 9.19. The minimum Gasteiger partial charge on any atom is -0.259 e. The van der Waals surface area contributed by atoms with Crippen molar-refractivity contribution in [1.29, 1.82) is 0 Å². The van der Waals surface area contributed by atoms with Gasteiger partial charge in [-0.05, 0) is 40.3 Å². The summed E-state index contributed by atoms with van der Waals surface area (Å²) in [5.41, 5.74) is 1.01. The van der Waals surface area contributed by atoms with Crippen LogP contribution >= 0.6 is 22.6 Å². The van der Waals surface area contributed by atoms with Gasteiger partial charge in [-0.15, -0.1) is 0 Å². The molecule has 0 N–H and O–H groups in total. The molecule has 0 aromatic heterocycles. The molecule has 0 saturated carbocycles. The predicted octanol–water partition coefficient (Wildman–Crippen LogP) is 2.93. The van der Waals surface area contributed by atoms with Gasteiger partial charge in [0.15, 0.2) is 0 Å². The molecule has 4 heteroatoms. The molecule has 1 rings (SSSR count). The number of benzene rings is 1. The van der Waals surface area contributed by atoms with Gasteiger partial charge in [0.05, 0.1) is 4.92 Å². The van der Waals surface area contributed by atoms with E-state index in [0.717, 1.165) is 9.13 Å². The maximum absolute atomic E-state index is 10.3. The van der Waals surface area contributed by atoms with Crippen LogP contribution in [0.25, 0.3) is 6.08 Å². The first-order valence-electron chi connectivity index (χ1n) is 3.68. The van der Waals surface area contributed by atoms with Crippen LogP contribution in [0.3, 0.4) is 0 Å². The van der Waals surface area contributed by atoms with Gasteiger partial charge in [-0.2, -0.15) is 0 Å². The van der Waals surface area contributed by atoms with Gasteiger partial charge in [-0.1, -0.05) is 12.1 Å². The topological polar surface area (TPSA) is 43.1 Å². The van der Waals surface area contributed by atoms with Crippen molar-refractivity contribution in [1.82, 2.24) is 0 Å². The molecule has 0 unspecified atom stereocenters. The van der Waals surface area contributed by atoms with Crippen molar-refractivity contribution in [2.75, 3.05) is 0 Å². The molecule has 68 valence electrons. The highest BCUT2D eigenvalue weighted by atomic mass is 127. The number of nitrogens with zero attached hydrogens (tertiary/aromatic N) is 1. The zero-order valence-electron chi connectivity index (χ0n) is 7.03. The third-order valence-electron chi connectivity index (χ3n) is 1.53. The number of rotatable bonds is 2. The largest absolute Gasteiger partial charge is 0.259 e. The summed E-state index contributed by atoms with van der Waals surface area (Å²) in [6, 6.07) is 7.54. The fourth-order valence-electron chi connectivity index (χ4n) is 0.853. The van der Waals surface area contributed by atoms with Crippen molar-refractivity contribution in [2.24, 2.45) is 0 Å². The molecule has 0 saturated heterocycles. The van der Waals surface area contributed by atoms with Crippen molar-refractivity contribution < 1.29 is 4.92 Å². The van der Waals surface area contributed by atoms with Crippen molar-refractivity contribution in [3.8, 4) is 0 Å². The molecule has 0 aliphatic heterocycles. The second-order valence-electron chi connectivity index (χ2n) is 2.59. The molecule has 0 atom stereocenters. The molecule has 13 heavy (non-hydrogen) atoms.